The van der Waals surface area contributed by atoms with Crippen molar-refractivity contribution in [2.45, 2.75) is 37.1 Å². The summed E-state index contributed by atoms with van der Waals surface area (Å²) in [6.07, 6.45) is 4.56. The predicted octanol–water partition coefficient (Wildman–Crippen LogP) is 3.48. The summed E-state index contributed by atoms with van der Waals surface area (Å²) in [5.74, 6) is -1.24. The number of rotatable bonds is 6. The molecule has 1 aliphatic rings. The minimum atomic E-state index is -3.63. The van der Waals surface area contributed by atoms with Crippen molar-refractivity contribution >= 4 is 15.8 Å². The van der Waals surface area contributed by atoms with Crippen LogP contribution in [0.15, 0.2) is 47.4 Å². The Bertz CT molecular complexity index is 935. The van der Waals surface area contributed by atoms with Crippen molar-refractivity contribution in [2.24, 2.45) is 0 Å². The zero-order chi connectivity index (χ0) is 19.6. The lowest BCUT2D eigenvalue weighted by molar-refractivity contribution is 0.0692. The second kappa shape index (κ2) is 7.82. The number of carboxylic acids is 1. The first-order chi connectivity index (χ1) is 12.8. The van der Waals surface area contributed by atoms with E-state index in [0.29, 0.717) is 11.6 Å². The van der Waals surface area contributed by atoms with Crippen molar-refractivity contribution in [2.75, 3.05) is 19.3 Å². The number of likely N-dealkylation sites (tertiary alicyclic amines) is 1. The van der Waals surface area contributed by atoms with Crippen molar-refractivity contribution in [3.05, 3.63) is 53.6 Å². The van der Waals surface area contributed by atoms with Gasteiger partial charge in [0.15, 0.2) is 9.84 Å². The minimum Gasteiger partial charge on any atom is -0.478 e. The van der Waals surface area contributed by atoms with Crippen LogP contribution in [0.1, 0.15) is 35.7 Å². The number of hydrogen-bond donors (Lipinski definition) is 1. The summed E-state index contributed by atoms with van der Waals surface area (Å²) in [5, 5.41) is 9.23. The molecule has 0 spiro atoms. The van der Waals surface area contributed by atoms with Crippen LogP contribution in [-0.2, 0) is 16.3 Å². The average Bonchev–Trinajstić information content (AvgIpc) is 3.04. The first-order valence-electron chi connectivity index (χ1n) is 9.16. The third-order valence-electron chi connectivity index (χ3n) is 5.28. The first-order valence-corrected chi connectivity index (χ1v) is 11.1. The molecule has 1 heterocycles. The number of benzene rings is 2. The van der Waals surface area contributed by atoms with E-state index in [0.717, 1.165) is 24.8 Å². The van der Waals surface area contributed by atoms with Gasteiger partial charge < -0.3 is 10.0 Å². The van der Waals surface area contributed by atoms with E-state index in [1.807, 2.05) is 12.1 Å². The van der Waals surface area contributed by atoms with Gasteiger partial charge in [0, 0.05) is 18.8 Å². The molecular weight excluding hydrogens is 362 g/mol. The van der Waals surface area contributed by atoms with Crippen molar-refractivity contribution in [1.29, 1.82) is 0 Å². The van der Waals surface area contributed by atoms with E-state index in [1.165, 1.54) is 37.1 Å². The van der Waals surface area contributed by atoms with Gasteiger partial charge in [-0.1, -0.05) is 30.3 Å². The van der Waals surface area contributed by atoms with Gasteiger partial charge in [-0.3, -0.25) is 0 Å². The molecule has 144 valence electrons. The molecule has 2 aromatic carbocycles. The molecule has 1 unspecified atom stereocenters. The van der Waals surface area contributed by atoms with E-state index in [-0.39, 0.29) is 10.5 Å². The smallest absolute Gasteiger partial charge is 0.337 e. The Morgan fingerprint density at radius 2 is 1.81 bits per heavy atom. The van der Waals surface area contributed by atoms with Gasteiger partial charge in [0.2, 0.25) is 0 Å². The molecule has 0 bridgehead atoms. The third-order valence-corrected chi connectivity index (χ3v) is 6.41. The zero-order valence-electron chi connectivity index (χ0n) is 15.7. The highest BCUT2D eigenvalue weighted by atomic mass is 32.2. The molecule has 6 heteroatoms. The molecule has 27 heavy (non-hydrogen) atoms. The second-order valence-electron chi connectivity index (χ2n) is 7.26. The summed E-state index contributed by atoms with van der Waals surface area (Å²) in [5.41, 5.74) is 2.61. The maximum Gasteiger partial charge on any atom is 0.337 e. The Balaban J connectivity index is 1.79. The number of carboxylic acid groups (broad SMARTS) is 1. The van der Waals surface area contributed by atoms with Crippen molar-refractivity contribution in [3.8, 4) is 11.1 Å². The molecule has 1 saturated heterocycles. The van der Waals surface area contributed by atoms with E-state index >= 15 is 0 Å². The summed E-state index contributed by atoms with van der Waals surface area (Å²) in [7, 11) is -3.63. The topological polar surface area (TPSA) is 74.7 Å². The third kappa shape index (κ3) is 4.57. The van der Waals surface area contributed by atoms with Gasteiger partial charge in [0.1, 0.15) is 0 Å². The molecule has 0 radical (unpaired) electrons. The van der Waals surface area contributed by atoms with Crippen LogP contribution in [0, 0.1) is 0 Å². The van der Waals surface area contributed by atoms with E-state index < -0.39 is 15.8 Å². The fourth-order valence-electron chi connectivity index (χ4n) is 3.65. The average molecular weight is 388 g/mol. The summed E-state index contributed by atoms with van der Waals surface area (Å²) in [6.45, 7) is 4.49. The summed E-state index contributed by atoms with van der Waals surface area (Å²) < 4.78 is 23.9. The number of nitrogens with zero attached hydrogens (tertiary/aromatic N) is 1. The van der Waals surface area contributed by atoms with Gasteiger partial charge >= 0.3 is 5.97 Å². The fraction of sp³-hybridized carbons (Fsp3) is 0.381. The molecule has 0 saturated carbocycles. The van der Waals surface area contributed by atoms with Crippen LogP contribution >= 0.6 is 0 Å². The summed E-state index contributed by atoms with van der Waals surface area (Å²) in [4.78, 5) is 13.7. The zero-order valence-corrected chi connectivity index (χ0v) is 16.5. The molecule has 5 nitrogen and oxygen atoms in total. The van der Waals surface area contributed by atoms with Crippen molar-refractivity contribution in [1.82, 2.24) is 4.90 Å². The first kappa shape index (κ1) is 19.6. The quantitative estimate of drug-likeness (QED) is 0.821. The van der Waals surface area contributed by atoms with Gasteiger partial charge in [-0.15, -0.1) is 0 Å². The maximum atomic E-state index is 12.0. The fourth-order valence-corrected chi connectivity index (χ4v) is 4.54. The van der Waals surface area contributed by atoms with Crippen LogP contribution in [-0.4, -0.2) is 49.8 Å². The largest absolute Gasteiger partial charge is 0.478 e. The molecule has 3 rings (SSSR count). The van der Waals surface area contributed by atoms with Crippen LogP contribution in [0.4, 0.5) is 0 Å². The Morgan fingerprint density at radius 1 is 1.15 bits per heavy atom. The monoisotopic (exact) mass is 387 g/mol. The Morgan fingerprint density at radius 3 is 2.37 bits per heavy atom. The highest BCUT2D eigenvalue weighted by Crippen LogP contribution is 2.26. The van der Waals surface area contributed by atoms with Crippen molar-refractivity contribution < 1.29 is 18.3 Å². The molecule has 0 aromatic heterocycles. The molecule has 0 amide bonds. The lowest BCUT2D eigenvalue weighted by Crippen LogP contribution is -2.28. The van der Waals surface area contributed by atoms with Crippen LogP contribution < -0.4 is 0 Å². The van der Waals surface area contributed by atoms with E-state index in [1.54, 1.807) is 6.07 Å². The summed E-state index contributed by atoms with van der Waals surface area (Å²) >= 11 is 0. The second-order valence-corrected chi connectivity index (χ2v) is 9.25. The van der Waals surface area contributed by atoms with Crippen LogP contribution in [0.2, 0.25) is 0 Å². The van der Waals surface area contributed by atoms with Crippen LogP contribution in [0.25, 0.3) is 11.1 Å². The predicted molar refractivity (Wildman–Crippen MR) is 106 cm³/mol. The van der Waals surface area contributed by atoms with E-state index in [2.05, 4.69) is 24.0 Å². The minimum absolute atomic E-state index is 0.153. The molecule has 1 aliphatic heterocycles. The Hall–Kier alpha value is -2.18. The number of sulfone groups is 1. The van der Waals surface area contributed by atoms with Gasteiger partial charge in [0.25, 0.3) is 0 Å². The Labute approximate surface area is 160 Å². The van der Waals surface area contributed by atoms with Gasteiger partial charge in [0.05, 0.1) is 10.5 Å². The SMILES string of the molecule is CC1CCCN1CCc1ccc(-c2ccc(C(=O)O)c(S(C)(=O)=O)c2)cc1. The lowest BCUT2D eigenvalue weighted by Gasteiger charge is -2.20. The number of carbonyl (C=O) groups is 1. The normalized spacial score (nSPS) is 17.9. The van der Waals surface area contributed by atoms with Gasteiger partial charge in [-0.2, -0.15) is 0 Å². The van der Waals surface area contributed by atoms with Crippen LogP contribution in [0.5, 0.6) is 0 Å². The maximum absolute atomic E-state index is 12.0. The number of hydrogen-bond acceptors (Lipinski definition) is 4. The molecule has 1 N–H and O–H groups in total. The molecule has 0 aliphatic carbocycles. The van der Waals surface area contributed by atoms with Gasteiger partial charge in [-0.05, 0) is 61.6 Å². The van der Waals surface area contributed by atoms with E-state index in [9.17, 15) is 18.3 Å². The molecule has 1 atom stereocenters. The number of aromatic carboxylic acids is 1. The Kier molecular flexibility index (Phi) is 5.67. The van der Waals surface area contributed by atoms with Gasteiger partial charge in [-0.25, -0.2) is 13.2 Å². The molecular formula is C21H25NO4S. The molecule has 2 aromatic rings. The van der Waals surface area contributed by atoms with Crippen LogP contribution in [0.3, 0.4) is 0 Å². The summed E-state index contributed by atoms with van der Waals surface area (Å²) in [6, 6.07) is 13.2. The standard InChI is InChI=1S/C21H25NO4S/c1-15-4-3-12-22(15)13-11-16-5-7-17(8-6-16)18-9-10-19(21(23)24)20(14-18)27(2,25)26/h5-10,14-15H,3-4,11-13H2,1-2H3,(H,23,24). The highest BCUT2D eigenvalue weighted by molar-refractivity contribution is 7.90. The van der Waals surface area contributed by atoms with Crippen molar-refractivity contribution in [3.63, 3.8) is 0 Å². The molecule has 1 fully saturated rings. The lowest BCUT2D eigenvalue weighted by atomic mass is 10.0. The highest BCUT2D eigenvalue weighted by Gasteiger charge is 2.20. The van der Waals surface area contributed by atoms with E-state index in [4.69, 9.17) is 0 Å².